The summed E-state index contributed by atoms with van der Waals surface area (Å²) in [5, 5.41) is 9.12. The number of aromatic carboxylic acids is 1. The zero-order chi connectivity index (χ0) is 15.0. The second kappa shape index (κ2) is 5.05. The van der Waals surface area contributed by atoms with Gasteiger partial charge in [0.2, 0.25) is 0 Å². The van der Waals surface area contributed by atoms with Crippen molar-refractivity contribution in [2.75, 3.05) is 6.61 Å². The van der Waals surface area contributed by atoms with Crippen molar-refractivity contribution >= 4 is 11.5 Å². The SMILES string of the molecule is Cc1ccc(F)cc1C1=CCOc2ccc(C(=O)O)cc21. The van der Waals surface area contributed by atoms with Crippen LogP contribution in [-0.4, -0.2) is 17.7 Å². The molecule has 3 rings (SSSR count). The number of fused-ring (bicyclic) bond motifs is 1. The molecule has 0 amide bonds. The van der Waals surface area contributed by atoms with E-state index in [1.807, 2.05) is 13.0 Å². The van der Waals surface area contributed by atoms with Crippen LogP contribution in [0.25, 0.3) is 5.57 Å². The van der Waals surface area contributed by atoms with Crippen molar-refractivity contribution in [3.8, 4) is 5.75 Å². The number of hydrogen-bond donors (Lipinski definition) is 1. The second-order valence-electron chi connectivity index (χ2n) is 4.90. The van der Waals surface area contributed by atoms with Crippen LogP contribution >= 0.6 is 0 Å². The monoisotopic (exact) mass is 284 g/mol. The smallest absolute Gasteiger partial charge is 0.335 e. The zero-order valence-corrected chi connectivity index (χ0v) is 11.4. The lowest BCUT2D eigenvalue weighted by Crippen LogP contribution is -2.08. The molecule has 2 aromatic rings. The van der Waals surface area contributed by atoms with Crippen LogP contribution in [0.1, 0.15) is 27.0 Å². The predicted molar refractivity (Wildman–Crippen MR) is 77.1 cm³/mol. The summed E-state index contributed by atoms with van der Waals surface area (Å²) in [6.45, 7) is 2.27. The largest absolute Gasteiger partial charge is 0.489 e. The summed E-state index contributed by atoms with van der Waals surface area (Å²) >= 11 is 0. The Morgan fingerprint density at radius 3 is 2.76 bits per heavy atom. The summed E-state index contributed by atoms with van der Waals surface area (Å²) in [4.78, 5) is 11.1. The highest BCUT2D eigenvalue weighted by Crippen LogP contribution is 2.36. The van der Waals surface area contributed by atoms with E-state index in [2.05, 4.69) is 0 Å². The van der Waals surface area contributed by atoms with E-state index in [-0.39, 0.29) is 11.4 Å². The Balaban J connectivity index is 2.18. The molecule has 3 nitrogen and oxygen atoms in total. The fraction of sp³-hybridized carbons (Fsp3) is 0.118. The summed E-state index contributed by atoms with van der Waals surface area (Å²) in [7, 11) is 0. The number of ether oxygens (including phenoxy) is 1. The average molecular weight is 284 g/mol. The first kappa shape index (κ1) is 13.4. The predicted octanol–water partition coefficient (Wildman–Crippen LogP) is 3.66. The van der Waals surface area contributed by atoms with Gasteiger partial charge in [0.25, 0.3) is 0 Å². The van der Waals surface area contributed by atoms with Gasteiger partial charge >= 0.3 is 5.97 Å². The maximum absolute atomic E-state index is 13.5. The maximum Gasteiger partial charge on any atom is 0.335 e. The Morgan fingerprint density at radius 2 is 2.00 bits per heavy atom. The van der Waals surface area contributed by atoms with Gasteiger partial charge in [0.1, 0.15) is 18.2 Å². The quantitative estimate of drug-likeness (QED) is 0.915. The molecule has 4 heteroatoms. The van der Waals surface area contributed by atoms with E-state index in [0.717, 1.165) is 16.7 Å². The first-order valence-electron chi connectivity index (χ1n) is 6.53. The Kier molecular flexibility index (Phi) is 3.22. The Morgan fingerprint density at radius 1 is 1.19 bits per heavy atom. The third-order valence-corrected chi connectivity index (χ3v) is 3.53. The molecule has 0 atom stereocenters. The van der Waals surface area contributed by atoms with Gasteiger partial charge in [0, 0.05) is 5.56 Å². The number of carboxylic acids is 1. The van der Waals surface area contributed by atoms with Gasteiger partial charge in [-0.3, -0.25) is 0 Å². The van der Waals surface area contributed by atoms with Gasteiger partial charge in [-0.25, -0.2) is 9.18 Å². The molecule has 0 aliphatic carbocycles. The number of halogens is 1. The van der Waals surface area contributed by atoms with E-state index in [0.29, 0.717) is 17.9 Å². The number of rotatable bonds is 2. The van der Waals surface area contributed by atoms with Gasteiger partial charge in [-0.05, 0) is 60.0 Å². The summed E-state index contributed by atoms with van der Waals surface area (Å²) < 4.78 is 19.1. The lowest BCUT2D eigenvalue weighted by Gasteiger charge is -2.20. The molecule has 0 saturated carbocycles. The fourth-order valence-electron chi connectivity index (χ4n) is 2.46. The van der Waals surface area contributed by atoms with E-state index in [9.17, 15) is 9.18 Å². The van der Waals surface area contributed by atoms with Crippen molar-refractivity contribution in [3.63, 3.8) is 0 Å². The van der Waals surface area contributed by atoms with Crippen LogP contribution in [0.5, 0.6) is 5.75 Å². The van der Waals surface area contributed by atoms with Gasteiger partial charge in [0.05, 0.1) is 5.56 Å². The van der Waals surface area contributed by atoms with Gasteiger partial charge in [-0.2, -0.15) is 0 Å². The molecule has 1 heterocycles. The number of carboxylic acid groups (broad SMARTS) is 1. The van der Waals surface area contributed by atoms with Gasteiger partial charge < -0.3 is 9.84 Å². The molecule has 0 fully saturated rings. The van der Waals surface area contributed by atoms with E-state index in [4.69, 9.17) is 9.84 Å². The molecule has 1 N–H and O–H groups in total. The lowest BCUT2D eigenvalue weighted by atomic mass is 9.91. The zero-order valence-electron chi connectivity index (χ0n) is 11.4. The molecule has 1 aliphatic heterocycles. The topological polar surface area (TPSA) is 46.5 Å². The summed E-state index contributed by atoms with van der Waals surface area (Å²) in [5.41, 5.74) is 3.34. The molecule has 106 valence electrons. The summed E-state index contributed by atoms with van der Waals surface area (Å²) in [6.07, 6.45) is 1.84. The van der Waals surface area contributed by atoms with Crippen LogP contribution in [0.3, 0.4) is 0 Å². The molecular weight excluding hydrogens is 271 g/mol. The molecule has 0 unspecified atom stereocenters. The third kappa shape index (κ3) is 2.40. The van der Waals surface area contributed by atoms with E-state index < -0.39 is 5.97 Å². The first-order valence-corrected chi connectivity index (χ1v) is 6.53. The number of hydrogen-bond acceptors (Lipinski definition) is 2. The minimum Gasteiger partial charge on any atom is -0.489 e. The van der Waals surface area contributed by atoms with Crippen molar-refractivity contribution < 1.29 is 19.0 Å². The van der Waals surface area contributed by atoms with E-state index >= 15 is 0 Å². The average Bonchev–Trinajstić information content (AvgIpc) is 2.48. The Hall–Kier alpha value is -2.62. The summed E-state index contributed by atoms with van der Waals surface area (Å²) in [6, 6.07) is 9.29. The van der Waals surface area contributed by atoms with Crippen LogP contribution in [0.2, 0.25) is 0 Å². The van der Waals surface area contributed by atoms with Gasteiger partial charge in [0.15, 0.2) is 0 Å². The minimum absolute atomic E-state index is 0.180. The molecule has 21 heavy (non-hydrogen) atoms. The normalized spacial score (nSPS) is 13.1. The van der Waals surface area contributed by atoms with E-state index in [1.54, 1.807) is 18.2 Å². The number of carbonyl (C=O) groups is 1. The second-order valence-corrected chi connectivity index (χ2v) is 4.90. The Labute approximate surface area is 121 Å². The van der Waals surface area contributed by atoms with Crippen molar-refractivity contribution in [2.45, 2.75) is 6.92 Å². The van der Waals surface area contributed by atoms with E-state index in [1.165, 1.54) is 18.2 Å². The van der Waals surface area contributed by atoms with Crippen LogP contribution in [0, 0.1) is 12.7 Å². The van der Waals surface area contributed by atoms with Crippen LogP contribution in [-0.2, 0) is 0 Å². The van der Waals surface area contributed by atoms with Crippen molar-refractivity contribution in [2.24, 2.45) is 0 Å². The van der Waals surface area contributed by atoms with Crippen molar-refractivity contribution in [1.82, 2.24) is 0 Å². The lowest BCUT2D eigenvalue weighted by molar-refractivity contribution is 0.0697. The highest BCUT2D eigenvalue weighted by molar-refractivity contribution is 5.92. The standard InChI is InChI=1S/C17H13FO3/c1-10-2-4-12(18)9-14(10)13-6-7-21-16-5-3-11(17(19)20)8-15(13)16/h2-6,8-9H,7H2,1H3,(H,19,20). The Bertz CT molecular complexity index is 763. The maximum atomic E-state index is 13.5. The molecule has 0 spiro atoms. The van der Waals surface area contributed by atoms with Crippen molar-refractivity contribution in [3.05, 3.63) is 70.5 Å². The van der Waals surface area contributed by atoms with Gasteiger partial charge in [-0.1, -0.05) is 6.07 Å². The number of benzene rings is 2. The van der Waals surface area contributed by atoms with Crippen LogP contribution in [0.15, 0.2) is 42.5 Å². The van der Waals surface area contributed by atoms with Crippen molar-refractivity contribution in [1.29, 1.82) is 0 Å². The van der Waals surface area contributed by atoms with Crippen LogP contribution < -0.4 is 4.74 Å². The molecular formula is C17H13FO3. The van der Waals surface area contributed by atoms with Crippen LogP contribution in [0.4, 0.5) is 4.39 Å². The molecule has 0 bridgehead atoms. The third-order valence-electron chi connectivity index (χ3n) is 3.53. The highest BCUT2D eigenvalue weighted by Gasteiger charge is 2.19. The minimum atomic E-state index is -1.00. The molecule has 0 aromatic heterocycles. The molecule has 0 radical (unpaired) electrons. The molecule has 1 aliphatic rings. The summed E-state index contributed by atoms with van der Waals surface area (Å²) in [5.74, 6) is -0.709. The molecule has 2 aromatic carbocycles. The highest BCUT2D eigenvalue weighted by atomic mass is 19.1. The fourth-order valence-corrected chi connectivity index (χ4v) is 2.46. The first-order chi connectivity index (χ1) is 10.1. The molecule has 0 saturated heterocycles. The number of aryl methyl sites for hydroxylation is 1. The van der Waals surface area contributed by atoms with Gasteiger partial charge in [-0.15, -0.1) is 0 Å².